The van der Waals surface area contributed by atoms with E-state index in [0.717, 1.165) is 41.2 Å². The number of methoxy groups -OCH3 is 2. The highest BCUT2D eigenvalue weighted by atomic mass is 35.5. The molecule has 0 aliphatic heterocycles. The molecule has 0 radical (unpaired) electrons. The SMILES string of the molecule is CCc1c(CCCN)c(Cl)cc(OC)c1OC. The highest BCUT2D eigenvalue weighted by molar-refractivity contribution is 6.31. The van der Waals surface area contributed by atoms with Crippen molar-refractivity contribution in [3.8, 4) is 11.5 Å². The fourth-order valence-electron chi connectivity index (χ4n) is 2.00. The van der Waals surface area contributed by atoms with Gasteiger partial charge in [-0.15, -0.1) is 0 Å². The van der Waals surface area contributed by atoms with Crippen molar-refractivity contribution in [2.24, 2.45) is 5.73 Å². The molecule has 0 aliphatic rings. The first-order chi connectivity index (χ1) is 8.19. The highest BCUT2D eigenvalue weighted by Gasteiger charge is 2.16. The van der Waals surface area contributed by atoms with Crippen molar-refractivity contribution in [1.82, 2.24) is 0 Å². The van der Waals surface area contributed by atoms with E-state index in [1.165, 1.54) is 0 Å². The molecule has 0 aliphatic carbocycles. The summed E-state index contributed by atoms with van der Waals surface area (Å²) in [6.45, 7) is 2.74. The molecule has 0 saturated heterocycles. The molecule has 4 heteroatoms. The molecule has 0 saturated carbocycles. The maximum atomic E-state index is 6.28. The first-order valence-electron chi connectivity index (χ1n) is 5.81. The molecule has 0 atom stereocenters. The Labute approximate surface area is 108 Å². The van der Waals surface area contributed by atoms with Gasteiger partial charge in [-0.25, -0.2) is 0 Å². The quantitative estimate of drug-likeness (QED) is 0.852. The average molecular weight is 258 g/mol. The van der Waals surface area contributed by atoms with Crippen LogP contribution in [0.3, 0.4) is 0 Å². The van der Waals surface area contributed by atoms with Crippen molar-refractivity contribution in [1.29, 1.82) is 0 Å². The molecule has 1 aromatic carbocycles. The van der Waals surface area contributed by atoms with E-state index < -0.39 is 0 Å². The zero-order chi connectivity index (χ0) is 12.8. The average Bonchev–Trinajstić information content (AvgIpc) is 2.35. The molecule has 0 amide bonds. The minimum absolute atomic E-state index is 0.661. The molecule has 1 rings (SSSR count). The lowest BCUT2D eigenvalue weighted by Gasteiger charge is -2.17. The number of benzene rings is 1. The maximum Gasteiger partial charge on any atom is 0.164 e. The van der Waals surface area contributed by atoms with E-state index in [0.29, 0.717) is 12.3 Å². The van der Waals surface area contributed by atoms with Crippen molar-refractivity contribution in [2.45, 2.75) is 26.2 Å². The second kappa shape index (κ2) is 6.72. The third kappa shape index (κ3) is 3.05. The van der Waals surface area contributed by atoms with Crippen LogP contribution in [0.2, 0.25) is 5.02 Å². The van der Waals surface area contributed by atoms with Crippen molar-refractivity contribution >= 4 is 11.6 Å². The Morgan fingerprint density at radius 2 is 1.94 bits per heavy atom. The first kappa shape index (κ1) is 14.1. The molecule has 0 aromatic heterocycles. The molecular weight excluding hydrogens is 238 g/mol. The Bertz CT molecular complexity index is 380. The number of hydrogen-bond donors (Lipinski definition) is 1. The summed E-state index contributed by atoms with van der Waals surface area (Å²) in [5.41, 5.74) is 7.78. The van der Waals surface area contributed by atoms with Crippen molar-refractivity contribution in [2.75, 3.05) is 20.8 Å². The Morgan fingerprint density at radius 3 is 2.41 bits per heavy atom. The Hall–Kier alpha value is -0.930. The molecular formula is C13H20ClNO2. The van der Waals surface area contributed by atoms with Crippen LogP contribution in [0.25, 0.3) is 0 Å². The Morgan fingerprint density at radius 1 is 1.24 bits per heavy atom. The summed E-state index contributed by atoms with van der Waals surface area (Å²) in [6, 6.07) is 1.81. The van der Waals surface area contributed by atoms with Gasteiger partial charge in [0.15, 0.2) is 11.5 Å². The maximum absolute atomic E-state index is 6.28. The number of rotatable bonds is 6. The summed E-state index contributed by atoms with van der Waals surface area (Å²) in [7, 11) is 3.27. The van der Waals surface area contributed by atoms with Crippen LogP contribution < -0.4 is 15.2 Å². The molecule has 0 unspecified atom stereocenters. The van der Waals surface area contributed by atoms with Crippen LogP contribution in [0.4, 0.5) is 0 Å². The fraction of sp³-hybridized carbons (Fsp3) is 0.538. The summed E-state index contributed by atoms with van der Waals surface area (Å²) in [6.07, 6.45) is 2.65. The number of ether oxygens (including phenoxy) is 2. The van der Waals surface area contributed by atoms with Gasteiger partial charge in [-0.2, -0.15) is 0 Å². The third-order valence-electron chi connectivity index (χ3n) is 2.82. The molecule has 0 bridgehead atoms. The van der Waals surface area contributed by atoms with Gasteiger partial charge in [0.1, 0.15) is 0 Å². The number of halogens is 1. The van der Waals surface area contributed by atoms with Gasteiger partial charge in [0, 0.05) is 16.7 Å². The molecule has 0 heterocycles. The predicted octanol–water partition coefficient (Wildman–Crippen LogP) is 2.81. The smallest absolute Gasteiger partial charge is 0.164 e. The van der Waals surface area contributed by atoms with Crippen LogP contribution in [0.15, 0.2) is 6.07 Å². The van der Waals surface area contributed by atoms with Crippen LogP contribution in [-0.4, -0.2) is 20.8 Å². The van der Waals surface area contributed by atoms with Gasteiger partial charge in [0.25, 0.3) is 0 Å². The first-order valence-corrected chi connectivity index (χ1v) is 6.19. The lowest BCUT2D eigenvalue weighted by atomic mass is 9.99. The predicted molar refractivity (Wildman–Crippen MR) is 71.3 cm³/mol. The van der Waals surface area contributed by atoms with Gasteiger partial charge in [0.05, 0.1) is 14.2 Å². The van der Waals surface area contributed by atoms with Crippen molar-refractivity contribution in [3.05, 3.63) is 22.2 Å². The molecule has 0 spiro atoms. The minimum Gasteiger partial charge on any atom is -0.493 e. The van der Waals surface area contributed by atoms with Gasteiger partial charge in [-0.05, 0) is 31.4 Å². The van der Waals surface area contributed by atoms with Gasteiger partial charge in [0.2, 0.25) is 0 Å². The van der Waals surface area contributed by atoms with Crippen LogP contribution in [0.5, 0.6) is 11.5 Å². The van der Waals surface area contributed by atoms with E-state index in [2.05, 4.69) is 6.92 Å². The summed E-state index contributed by atoms with van der Waals surface area (Å²) < 4.78 is 10.7. The van der Waals surface area contributed by atoms with Crippen molar-refractivity contribution < 1.29 is 9.47 Å². The lowest BCUT2D eigenvalue weighted by Crippen LogP contribution is -2.05. The molecule has 2 N–H and O–H groups in total. The van der Waals surface area contributed by atoms with E-state index in [1.807, 2.05) is 6.07 Å². The molecule has 0 fully saturated rings. The van der Waals surface area contributed by atoms with Crippen LogP contribution in [-0.2, 0) is 12.8 Å². The van der Waals surface area contributed by atoms with Gasteiger partial charge >= 0.3 is 0 Å². The molecule has 96 valence electrons. The number of nitrogens with two attached hydrogens (primary N) is 1. The molecule has 3 nitrogen and oxygen atoms in total. The summed E-state index contributed by atoms with van der Waals surface area (Å²) in [4.78, 5) is 0. The molecule has 1 aromatic rings. The summed E-state index contributed by atoms with van der Waals surface area (Å²) >= 11 is 6.28. The fourth-order valence-corrected chi connectivity index (χ4v) is 2.30. The summed E-state index contributed by atoms with van der Waals surface area (Å²) in [5, 5.41) is 0.730. The highest BCUT2D eigenvalue weighted by Crippen LogP contribution is 2.38. The normalized spacial score (nSPS) is 10.4. The van der Waals surface area contributed by atoms with Gasteiger partial charge in [-0.3, -0.25) is 0 Å². The zero-order valence-electron chi connectivity index (χ0n) is 10.7. The Kier molecular flexibility index (Phi) is 5.59. The van der Waals surface area contributed by atoms with Crippen LogP contribution in [0, 0.1) is 0 Å². The van der Waals surface area contributed by atoms with Gasteiger partial charge in [-0.1, -0.05) is 18.5 Å². The zero-order valence-corrected chi connectivity index (χ0v) is 11.4. The second-order valence-electron chi connectivity index (χ2n) is 3.80. The van der Waals surface area contributed by atoms with Gasteiger partial charge < -0.3 is 15.2 Å². The standard InChI is InChI=1S/C13H20ClNO2/c1-4-9-10(6-5-7-15)11(14)8-12(16-2)13(9)17-3/h8H,4-7,15H2,1-3H3. The van der Waals surface area contributed by atoms with Crippen LogP contribution >= 0.6 is 11.6 Å². The topological polar surface area (TPSA) is 44.5 Å². The van der Waals surface area contributed by atoms with E-state index in [9.17, 15) is 0 Å². The number of hydrogen-bond acceptors (Lipinski definition) is 3. The van der Waals surface area contributed by atoms with E-state index in [4.69, 9.17) is 26.8 Å². The third-order valence-corrected chi connectivity index (χ3v) is 3.15. The molecule has 17 heavy (non-hydrogen) atoms. The van der Waals surface area contributed by atoms with E-state index >= 15 is 0 Å². The van der Waals surface area contributed by atoms with E-state index in [-0.39, 0.29) is 0 Å². The minimum atomic E-state index is 0.661. The summed E-state index contributed by atoms with van der Waals surface area (Å²) in [5.74, 6) is 1.47. The monoisotopic (exact) mass is 257 g/mol. The largest absolute Gasteiger partial charge is 0.493 e. The van der Waals surface area contributed by atoms with E-state index in [1.54, 1.807) is 14.2 Å². The second-order valence-corrected chi connectivity index (χ2v) is 4.20. The lowest BCUT2D eigenvalue weighted by molar-refractivity contribution is 0.351. The van der Waals surface area contributed by atoms with Crippen molar-refractivity contribution in [3.63, 3.8) is 0 Å². The van der Waals surface area contributed by atoms with Crippen LogP contribution in [0.1, 0.15) is 24.5 Å². The Balaban J connectivity index is 3.27.